The molecule has 1 aromatic rings. The van der Waals surface area contributed by atoms with E-state index in [2.05, 4.69) is 5.32 Å². The lowest BCUT2D eigenvalue weighted by Gasteiger charge is -2.48. The predicted octanol–water partition coefficient (Wildman–Crippen LogP) is 2.78. The first-order valence-electron chi connectivity index (χ1n) is 6.90. The van der Waals surface area contributed by atoms with Crippen molar-refractivity contribution in [3.8, 4) is 0 Å². The van der Waals surface area contributed by atoms with Crippen LogP contribution in [-0.2, 0) is 0 Å². The summed E-state index contributed by atoms with van der Waals surface area (Å²) in [6, 6.07) is 6.87. The van der Waals surface area contributed by atoms with Crippen LogP contribution in [0.25, 0.3) is 0 Å². The number of nitrogens with one attached hydrogen (secondary N) is 1. The van der Waals surface area contributed by atoms with Crippen LogP contribution in [0.5, 0.6) is 0 Å². The third kappa shape index (κ3) is 2.06. The number of halogens is 1. The molecule has 3 heteroatoms. The van der Waals surface area contributed by atoms with E-state index in [4.69, 9.17) is 0 Å². The molecular formula is C15H20FNO. The number of fused-ring (bicyclic) bond motifs is 1. The monoisotopic (exact) mass is 249 g/mol. The first-order valence-corrected chi connectivity index (χ1v) is 6.90. The summed E-state index contributed by atoms with van der Waals surface area (Å²) in [5.41, 5.74) is 0.587. The van der Waals surface area contributed by atoms with Crippen molar-refractivity contribution in [1.82, 2.24) is 5.32 Å². The summed E-state index contributed by atoms with van der Waals surface area (Å²) in [5.74, 6) is 0.0685. The van der Waals surface area contributed by atoms with Gasteiger partial charge in [-0.25, -0.2) is 4.39 Å². The highest BCUT2D eigenvalue weighted by molar-refractivity contribution is 5.23. The van der Waals surface area contributed by atoms with Crippen LogP contribution in [-0.4, -0.2) is 17.3 Å². The maximum Gasteiger partial charge on any atom is 0.123 e. The molecular weight excluding hydrogens is 229 g/mol. The number of hydrogen-bond acceptors (Lipinski definition) is 2. The van der Waals surface area contributed by atoms with Gasteiger partial charge < -0.3 is 10.4 Å². The summed E-state index contributed by atoms with van der Waals surface area (Å²) < 4.78 is 13.0. The van der Waals surface area contributed by atoms with E-state index in [1.165, 1.54) is 18.6 Å². The van der Waals surface area contributed by atoms with Crippen LogP contribution in [0, 0.1) is 11.7 Å². The fourth-order valence-corrected chi connectivity index (χ4v) is 3.64. The van der Waals surface area contributed by atoms with Crippen LogP contribution >= 0.6 is 0 Å². The fourth-order valence-electron chi connectivity index (χ4n) is 3.64. The highest BCUT2D eigenvalue weighted by atomic mass is 19.1. The molecule has 2 N–H and O–H groups in total. The summed E-state index contributed by atoms with van der Waals surface area (Å²) in [7, 11) is 0. The third-order valence-corrected chi connectivity index (χ3v) is 4.62. The van der Waals surface area contributed by atoms with E-state index in [1.54, 1.807) is 0 Å². The van der Waals surface area contributed by atoms with Gasteiger partial charge in [-0.05, 0) is 43.5 Å². The number of piperidine rings is 1. The maximum absolute atomic E-state index is 13.0. The van der Waals surface area contributed by atoms with Gasteiger partial charge in [0.1, 0.15) is 5.82 Å². The van der Waals surface area contributed by atoms with Crippen LogP contribution in [0.4, 0.5) is 4.39 Å². The minimum atomic E-state index is -0.511. The molecule has 0 spiro atoms. The van der Waals surface area contributed by atoms with Crippen molar-refractivity contribution >= 4 is 0 Å². The molecule has 0 radical (unpaired) electrons. The molecule has 98 valence electrons. The van der Waals surface area contributed by atoms with Crippen molar-refractivity contribution in [1.29, 1.82) is 0 Å². The van der Waals surface area contributed by atoms with Gasteiger partial charge in [-0.1, -0.05) is 25.0 Å². The van der Waals surface area contributed by atoms with E-state index < -0.39 is 5.60 Å². The predicted molar refractivity (Wildman–Crippen MR) is 68.7 cm³/mol. The normalized spacial score (nSPS) is 36.1. The molecule has 3 atom stereocenters. The third-order valence-electron chi connectivity index (χ3n) is 4.62. The summed E-state index contributed by atoms with van der Waals surface area (Å²) in [6.45, 7) is 0.842. The number of hydrogen-bond donors (Lipinski definition) is 2. The summed E-state index contributed by atoms with van der Waals surface area (Å²) in [6.07, 6.45) is 5.13. The Bertz CT molecular complexity index is 415. The summed E-state index contributed by atoms with van der Waals surface area (Å²) in [5, 5.41) is 14.3. The van der Waals surface area contributed by atoms with E-state index in [-0.39, 0.29) is 17.8 Å². The SMILES string of the molecule is O[C@]12CCCC[C@@H]1[C@@H](c1ccc(F)cc1)NCC2. The number of rotatable bonds is 1. The Morgan fingerprint density at radius 3 is 2.72 bits per heavy atom. The fraction of sp³-hybridized carbons (Fsp3) is 0.600. The molecule has 1 saturated heterocycles. The van der Waals surface area contributed by atoms with E-state index >= 15 is 0 Å². The zero-order chi connectivity index (χ0) is 12.6. The Hall–Kier alpha value is -0.930. The number of aliphatic hydroxyl groups is 1. The second-order valence-electron chi connectivity index (χ2n) is 5.69. The lowest BCUT2D eigenvalue weighted by Crippen LogP contribution is -2.53. The van der Waals surface area contributed by atoms with Gasteiger partial charge in [-0.15, -0.1) is 0 Å². The van der Waals surface area contributed by atoms with E-state index in [1.807, 2.05) is 12.1 Å². The molecule has 18 heavy (non-hydrogen) atoms. The Morgan fingerprint density at radius 2 is 1.94 bits per heavy atom. The Morgan fingerprint density at radius 1 is 1.17 bits per heavy atom. The van der Waals surface area contributed by atoms with Gasteiger partial charge in [0.2, 0.25) is 0 Å². The standard InChI is InChI=1S/C15H20FNO/c16-12-6-4-11(5-7-12)14-13-3-1-2-8-15(13,18)9-10-17-14/h4-7,13-14,17-18H,1-3,8-10H2/t13-,14-,15+/m1/s1. The molecule has 1 aromatic carbocycles. The van der Waals surface area contributed by atoms with E-state index in [0.717, 1.165) is 37.8 Å². The highest BCUT2D eigenvalue weighted by Crippen LogP contribution is 2.45. The molecule has 2 nitrogen and oxygen atoms in total. The minimum Gasteiger partial charge on any atom is -0.389 e. The lowest BCUT2D eigenvalue weighted by molar-refractivity contribution is -0.0861. The summed E-state index contributed by atoms with van der Waals surface area (Å²) in [4.78, 5) is 0. The Labute approximate surface area is 107 Å². The molecule has 1 aliphatic carbocycles. The molecule has 1 heterocycles. The van der Waals surface area contributed by atoms with Crippen LogP contribution in [0.2, 0.25) is 0 Å². The van der Waals surface area contributed by atoms with Gasteiger partial charge in [0, 0.05) is 12.0 Å². The highest BCUT2D eigenvalue weighted by Gasteiger charge is 2.45. The first kappa shape index (κ1) is 12.1. The summed E-state index contributed by atoms with van der Waals surface area (Å²) >= 11 is 0. The lowest BCUT2D eigenvalue weighted by atomic mass is 9.67. The molecule has 0 unspecified atom stereocenters. The molecule has 1 saturated carbocycles. The average Bonchev–Trinajstić information content (AvgIpc) is 2.38. The minimum absolute atomic E-state index is 0.171. The number of benzene rings is 1. The second-order valence-corrected chi connectivity index (χ2v) is 5.69. The average molecular weight is 249 g/mol. The van der Waals surface area contributed by atoms with Crippen molar-refractivity contribution in [2.75, 3.05) is 6.54 Å². The largest absolute Gasteiger partial charge is 0.389 e. The Kier molecular flexibility index (Phi) is 3.12. The van der Waals surface area contributed by atoms with Crippen molar-refractivity contribution in [2.24, 2.45) is 5.92 Å². The zero-order valence-corrected chi connectivity index (χ0v) is 10.5. The van der Waals surface area contributed by atoms with Crippen LogP contribution in [0.15, 0.2) is 24.3 Å². The second kappa shape index (κ2) is 4.63. The molecule has 0 aromatic heterocycles. The van der Waals surface area contributed by atoms with Gasteiger partial charge in [0.15, 0.2) is 0 Å². The van der Waals surface area contributed by atoms with Gasteiger partial charge >= 0.3 is 0 Å². The van der Waals surface area contributed by atoms with Crippen molar-refractivity contribution in [2.45, 2.75) is 43.7 Å². The molecule has 1 aliphatic heterocycles. The van der Waals surface area contributed by atoms with E-state index in [0.29, 0.717) is 0 Å². The topological polar surface area (TPSA) is 32.3 Å². The van der Waals surface area contributed by atoms with E-state index in [9.17, 15) is 9.50 Å². The first-order chi connectivity index (χ1) is 8.69. The molecule has 3 rings (SSSR count). The van der Waals surface area contributed by atoms with Gasteiger partial charge in [0.25, 0.3) is 0 Å². The molecule has 2 aliphatic rings. The molecule has 0 amide bonds. The van der Waals surface area contributed by atoms with Gasteiger partial charge in [-0.3, -0.25) is 0 Å². The smallest absolute Gasteiger partial charge is 0.123 e. The molecule has 2 fully saturated rings. The van der Waals surface area contributed by atoms with Crippen LogP contribution < -0.4 is 5.32 Å². The molecule has 0 bridgehead atoms. The van der Waals surface area contributed by atoms with Crippen molar-refractivity contribution in [3.05, 3.63) is 35.6 Å². The van der Waals surface area contributed by atoms with Gasteiger partial charge in [-0.2, -0.15) is 0 Å². The maximum atomic E-state index is 13.0. The quantitative estimate of drug-likeness (QED) is 0.802. The zero-order valence-electron chi connectivity index (χ0n) is 10.5. The van der Waals surface area contributed by atoms with Crippen LogP contribution in [0.3, 0.4) is 0 Å². The van der Waals surface area contributed by atoms with Crippen molar-refractivity contribution in [3.63, 3.8) is 0 Å². The Balaban J connectivity index is 1.88. The van der Waals surface area contributed by atoms with Crippen LogP contribution in [0.1, 0.15) is 43.7 Å². The van der Waals surface area contributed by atoms with Gasteiger partial charge in [0.05, 0.1) is 5.60 Å². The van der Waals surface area contributed by atoms with Crippen molar-refractivity contribution < 1.29 is 9.50 Å².